The molecule has 2 heterocycles. The second-order valence-electron chi connectivity index (χ2n) is 4.40. The third-order valence-electron chi connectivity index (χ3n) is 3.18. The molecule has 2 atom stereocenters. The number of pyridine rings is 1. The van der Waals surface area contributed by atoms with Gasteiger partial charge in [0, 0.05) is 12.4 Å². The minimum absolute atomic E-state index is 0.318. The van der Waals surface area contributed by atoms with Crippen LogP contribution < -0.4 is 0 Å². The predicted molar refractivity (Wildman–Crippen MR) is 66.6 cm³/mol. The molecule has 0 N–H and O–H groups in total. The van der Waals surface area contributed by atoms with E-state index < -0.39 is 0 Å². The molecule has 0 bridgehead atoms. The number of ether oxygens (including phenoxy) is 1. The number of hydrogen-bond donors (Lipinski definition) is 0. The normalized spacial score (nSPS) is 22.4. The zero-order chi connectivity index (χ0) is 11.5. The summed E-state index contributed by atoms with van der Waals surface area (Å²) in [5.74, 6) is 0. The summed E-state index contributed by atoms with van der Waals surface area (Å²) in [6.45, 7) is 0. The van der Waals surface area contributed by atoms with Crippen LogP contribution in [0.3, 0.4) is 0 Å². The number of rotatable bonds is 4. The van der Waals surface area contributed by atoms with Crippen LogP contribution >= 0.6 is 0 Å². The largest absolute Gasteiger partial charge is 0.364 e. The van der Waals surface area contributed by atoms with Gasteiger partial charge in [0.1, 0.15) is 6.10 Å². The average Bonchev–Trinajstić information content (AvgIpc) is 3.18. The molecule has 0 spiro atoms. The van der Waals surface area contributed by atoms with Gasteiger partial charge in [-0.2, -0.15) is 0 Å². The van der Waals surface area contributed by atoms with Crippen molar-refractivity contribution < 1.29 is 4.74 Å². The molecule has 1 saturated heterocycles. The van der Waals surface area contributed by atoms with Crippen LogP contribution in [0.1, 0.15) is 23.7 Å². The maximum absolute atomic E-state index is 5.71. The Morgan fingerprint density at radius 1 is 1.00 bits per heavy atom. The summed E-state index contributed by atoms with van der Waals surface area (Å²) >= 11 is 0. The summed E-state index contributed by atoms with van der Waals surface area (Å²) in [6, 6.07) is 14.6. The summed E-state index contributed by atoms with van der Waals surface area (Å²) in [7, 11) is 0. The standard InChI is InChI=1S/C15H15NO/c1-2-4-13(5-3-1)15-14(17-15)7-6-12-8-10-16-11-9-12/h1-5,8-11,14-15H,6-7H2/t14-,15-/m0/s1. The van der Waals surface area contributed by atoms with E-state index in [0.29, 0.717) is 12.2 Å². The van der Waals surface area contributed by atoms with Crippen molar-refractivity contribution in [2.45, 2.75) is 25.0 Å². The first kappa shape index (κ1) is 10.5. The van der Waals surface area contributed by atoms with Crippen molar-refractivity contribution in [2.75, 3.05) is 0 Å². The molecule has 0 amide bonds. The Morgan fingerprint density at radius 2 is 1.76 bits per heavy atom. The summed E-state index contributed by atoms with van der Waals surface area (Å²) in [6.07, 6.45) is 6.55. The molecule has 0 aliphatic carbocycles. The Kier molecular flexibility index (Phi) is 2.88. The molecule has 1 fully saturated rings. The minimum atomic E-state index is 0.318. The van der Waals surface area contributed by atoms with Gasteiger partial charge in [0.2, 0.25) is 0 Å². The molecule has 0 unspecified atom stereocenters. The highest BCUT2D eigenvalue weighted by Gasteiger charge is 2.39. The molecule has 1 aliphatic heterocycles. The fourth-order valence-corrected chi connectivity index (χ4v) is 2.16. The van der Waals surface area contributed by atoms with E-state index in [9.17, 15) is 0 Å². The van der Waals surface area contributed by atoms with E-state index in [1.165, 1.54) is 11.1 Å². The van der Waals surface area contributed by atoms with Crippen LogP contribution in [-0.4, -0.2) is 11.1 Å². The lowest BCUT2D eigenvalue weighted by Crippen LogP contribution is -1.93. The molecule has 2 aromatic rings. The van der Waals surface area contributed by atoms with Gasteiger partial charge in [-0.1, -0.05) is 30.3 Å². The van der Waals surface area contributed by atoms with E-state index in [-0.39, 0.29) is 0 Å². The number of benzene rings is 1. The van der Waals surface area contributed by atoms with Crippen LogP contribution in [0.15, 0.2) is 54.9 Å². The fourth-order valence-electron chi connectivity index (χ4n) is 2.16. The van der Waals surface area contributed by atoms with Gasteiger partial charge in [0.05, 0.1) is 6.10 Å². The lowest BCUT2D eigenvalue weighted by molar-refractivity contribution is 0.366. The van der Waals surface area contributed by atoms with Crippen LogP contribution in [0.5, 0.6) is 0 Å². The maximum Gasteiger partial charge on any atom is 0.109 e. The topological polar surface area (TPSA) is 25.4 Å². The van der Waals surface area contributed by atoms with Gasteiger partial charge in [0.15, 0.2) is 0 Å². The molecule has 3 rings (SSSR count). The van der Waals surface area contributed by atoms with Gasteiger partial charge in [-0.15, -0.1) is 0 Å². The van der Waals surface area contributed by atoms with Gasteiger partial charge in [-0.05, 0) is 36.1 Å². The predicted octanol–water partition coefficient (Wildman–Crippen LogP) is 3.15. The van der Waals surface area contributed by atoms with Crippen LogP contribution in [0, 0.1) is 0 Å². The number of aryl methyl sites for hydroxylation is 1. The molecule has 0 saturated carbocycles. The molecule has 17 heavy (non-hydrogen) atoms. The molecular formula is C15H15NO. The molecule has 2 nitrogen and oxygen atoms in total. The number of nitrogens with zero attached hydrogens (tertiary/aromatic N) is 1. The third-order valence-corrected chi connectivity index (χ3v) is 3.18. The molecule has 0 radical (unpaired) electrons. The second-order valence-corrected chi connectivity index (χ2v) is 4.40. The van der Waals surface area contributed by atoms with Crippen molar-refractivity contribution in [3.05, 3.63) is 66.0 Å². The summed E-state index contributed by atoms with van der Waals surface area (Å²) < 4.78 is 5.71. The first-order chi connectivity index (χ1) is 8.43. The Bertz CT molecular complexity index is 469. The van der Waals surface area contributed by atoms with Crippen molar-refractivity contribution in [1.29, 1.82) is 0 Å². The SMILES string of the molecule is c1ccc([C@@H]2O[C@H]2CCc2ccncc2)cc1. The van der Waals surface area contributed by atoms with Gasteiger partial charge in [0.25, 0.3) is 0 Å². The fraction of sp³-hybridized carbons (Fsp3) is 0.267. The third kappa shape index (κ3) is 2.53. The van der Waals surface area contributed by atoms with Crippen LogP contribution in [0.2, 0.25) is 0 Å². The quantitative estimate of drug-likeness (QED) is 0.747. The van der Waals surface area contributed by atoms with Crippen molar-refractivity contribution in [3.8, 4) is 0 Å². The summed E-state index contributed by atoms with van der Waals surface area (Å²) in [5.41, 5.74) is 2.63. The van der Waals surface area contributed by atoms with E-state index in [2.05, 4.69) is 41.4 Å². The zero-order valence-corrected chi connectivity index (χ0v) is 9.62. The van der Waals surface area contributed by atoms with Crippen molar-refractivity contribution in [2.24, 2.45) is 0 Å². The van der Waals surface area contributed by atoms with Gasteiger partial charge in [-0.25, -0.2) is 0 Å². The molecular weight excluding hydrogens is 210 g/mol. The van der Waals surface area contributed by atoms with E-state index in [1.54, 1.807) is 0 Å². The van der Waals surface area contributed by atoms with E-state index in [1.807, 2.05) is 18.5 Å². The van der Waals surface area contributed by atoms with Crippen molar-refractivity contribution >= 4 is 0 Å². The van der Waals surface area contributed by atoms with Gasteiger partial charge >= 0.3 is 0 Å². The lowest BCUT2D eigenvalue weighted by Gasteiger charge is -1.98. The van der Waals surface area contributed by atoms with Crippen LogP contribution in [-0.2, 0) is 11.2 Å². The summed E-state index contributed by atoms with van der Waals surface area (Å²) in [5, 5.41) is 0. The van der Waals surface area contributed by atoms with E-state index in [0.717, 1.165) is 12.8 Å². The van der Waals surface area contributed by atoms with Crippen LogP contribution in [0.25, 0.3) is 0 Å². The Labute approximate surface area is 101 Å². The van der Waals surface area contributed by atoms with E-state index in [4.69, 9.17) is 4.74 Å². The Morgan fingerprint density at radius 3 is 2.53 bits per heavy atom. The van der Waals surface area contributed by atoms with E-state index >= 15 is 0 Å². The lowest BCUT2D eigenvalue weighted by atomic mass is 10.0. The smallest absolute Gasteiger partial charge is 0.109 e. The highest BCUT2D eigenvalue weighted by molar-refractivity contribution is 5.22. The Hall–Kier alpha value is -1.67. The first-order valence-electron chi connectivity index (χ1n) is 6.03. The minimum Gasteiger partial charge on any atom is -0.364 e. The molecule has 1 aliphatic rings. The highest BCUT2D eigenvalue weighted by Crippen LogP contribution is 2.41. The van der Waals surface area contributed by atoms with Crippen LogP contribution in [0.4, 0.5) is 0 Å². The molecule has 2 heteroatoms. The highest BCUT2D eigenvalue weighted by atomic mass is 16.6. The van der Waals surface area contributed by atoms with Gasteiger partial charge < -0.3 is 4.74 Å². The summed E-state index contributed by atoms with van der Waals surface area (Å²) in [4.78, 5) is 4.02. The molecule has 86 valence electrons. The molecule has 1 aromatic carbocycles. The van der Waals surface area contributed by atoms with Gasteiger partial charge in [-0.3, -0.25) is 4.98 Å². The maximum atomic E-state index is 5.71. The second kappa shape index (κ2) is 4.68. The van der Waals surface area contributed by atoms with Crippen molar-refractivity contribution in [3.63, 3.8) is 0 Å². The monoisotopic (exact) mass is 225 g/mol. The number of aromatic nitrogens is 1. The van der Waals surface area contributed by atoms with Crippen molar-refractivity contribution in [1.82, 2.24) is 4.98 Å². The molecule has 1 aromatic heterocycles. The first-order valence-corrected chi connectivity index (χ1v) is 6.03. The zero-order valence-electron chi connectivity index (χ0n) is 9.62. The average molecular weight is 225 g/mol. The Balaban J connectivity index is 1.53. The number of hydrogen-bond acceptors (Lipinski definition) is 2. The number of epoxide rings is 1.